The van der Waals surface area contributed by atoms with E-state index in [4.69, 9.17) is 9.15 Å². The lowest BCUT2D eigenvalue weighted by molar-refractivity contribution is 0.0563. The molecule has 1 aromatic rings. The molecule has 0 saturated carbocycles. The fraction of sp³-hybridized carbons (Fsp3) is 0.667. The van der Waals surface area contributed by atoms with Crippen molar-refractivity contribution in [2.75, 3.05) is 40.5 Å². The number of furan rings is 1. The first-order valence-corrected chi connectivity index (χ1v) is 9.20. The molecule has 1 aliphatic rings. The average Bonchev–Trinajstić information content (AvgIpc) is 2.96. The number of methoxy groups -OCH3 is 2. The molecule has 1 aromatic heterocycles. The topological polar surface area (TPSA) is 107 Å². The van der Waals surface area contributed by atoms with Crippen molar-refractivity contribution in [2.45, 2.75) is 24.7 Å². The van der Waals surface area contributed by atoms with Crippen molar-refractivity contribution in [3.63, 3.8) is 0 Å². The molecule has 1 saturated heterocycles. The van der Waals surface area contributed by atoms with E-state index in [-0.39, 0.29) is 28.4 Å². The van der Waals surface area contributed by atoms with E-state index in [2.05, 4.69) is 14.8 Å². The van der Waals surface area contributed by atoms with Crippen molar-refractivity contribution in [2.24, 2.45) is 5.41 Å². The molecule has 1 fully saturated rings. The maximum atomic E-state index is 12.6. The van der Waals surface area contributed by atoms with Gasteiger partial charge in [0, 0.05) is 25.1 Å². The third kappa shape index (κ3) is 4.15. The molecule has 9 heteroatoms. The molecule has 24 heavy (non-hydrogen) atoms. The number of piperidine rings is 1. The van der Waals surface area contributed by atoms with E-state index in [9.17, 15) is 13.2 Å². The van der Waals surface area contributed by atoms with E-state index in [0.717, 1.165) is 25.9 Å². The first kappa shape index (κ1) is 18.9. The van der Waals surface area contributed by atoms with Gasteiger partial charge in [0.05, 0.1) is 13.7 Å². The molecular formula is C15H24N2O6S. The summed E-state index contributed by atoms with van der Waals surface area (Å²) in [5.41, 5.74) is -0.240. The molecule has 0 atom stereocenters. The van der Waals surface area contributed by atoms with Crippen LogP contribution in [0.25, 0.3) is 0 Å². The summed E-state index contributed by atoms with van der Waals surface area (Å²) in [5.74, 6) is -0.702. The van der Waals surface area contributed by atoms with Crippen molar-refractivity contribution < 1.29 is 27.1 Å². The molecule has 8 nitrogen and oxygen atoms in total. The Kier molecular flexibility index (Phi) is 6.02. The maximum Gasteiger partial charge on any atom is 0.373 e. The van der Waals surface area contributed by atoms with Crippen molar-refractivity contribution in [1.29, 1.82) is 0 Å². The van der Waals surface area contributed by atoms with Crippen LogP contribution in [-0.4, -0.2) is 54.8 Å². The van der Waals surface area contributed by atoms with E-state index in [1.54, 1.807) is 7.11 Å². The molecule has 2 heterocycles. The van der Waals surface area contributed by atoms with Gasteiger partial charge in [-0.1, -0.05) is 0 Å². The fourth-order valence-electron chi connectivity index (χ4n) is 2.89. The predicted octanol–water partition coefficient (Wildman–Crippen LogP) is 0.669. The van der Waals surface area contributed by atoms with Gasteiger partial charge in [-0.3, -0.25) is 0 Å². The molecule has 0 unspecified atom stereocenters. The molecule has 0 aliphatic carbocycles. The van der Waals surface area contributed by atoms with Crippen LogP contribution >= 0.6 is 0 Å². The highest BCUT2D eigenvalue weighted by molar-refractivity contribution is 7.89. The highest BCUT2D eigenvalue weighted by Gasteiger charge is 2.34. The number of rotatable bonds is 7. The second-order valence-electron chi connectivity index (χ2n) is 6.03. The van der Waals surface area contributed by atoms with Crippen molar-refractivity contribution in [3.8, 4) is 0 Å². The number of sulfonamides is 1. The van der Waals surface area contributed by atoms with Crippen molar-refractivity contribution in [1.82, 2.24) is 10.0 Å². The number of hydrogen-bond acceptors (Lipinski definition) is 7. The van der Waals surface area contributed by atoms with E-state index in [1.165, 1.54) is 20.1 Å². The predicted molar refractivity (Wildman–Crippen MR) is 86.4 cm³/mol. The third-order valence-electron chi connectivity index (χ3n) is 4.30. The summed E-state index contributed by atoms with van der Waals surface area (Å²) in [5, 5.41) is 3.26. The lowest BCUT2D eigenvalue weighted by atomic mass is 9.80. The standard InChI is InChI=1S/C15H24N2O6S/c1-11-13(8-12(23-11)14(18)22-3)24(19,20)17-9-15(10-21-2)4-6-16-7-5-15/h8,16-17H,4-7,9-10H2,1-3H3. The second-order valence-corrected chi connectivity index (χ2v) is 7.77. The Morgan fingerprint density at radius 3 is 2.62 bits per heavy atom. The second kappa shape index (κ2) is 7.64. The zero-order chi connectivity index (χ0) is 17.8. The summed E-state index contributed by atoms with van der Waals surface area (Å²) in [7, 11) is -0.976. The molecule has 0 amide bonds. The smallest absolute Gasteiger partial charge is 0.373 e. The summed E-state index contributed by atoms with van der Waals surface area (Å²) in [6, 6.07) is 1.19. The number of hydrogen-bond donors (Lipinski definition) is 2. The fourth-order valence-corrected chi connectivity index (χ4v) is 4.23. The number of carbonyl (C=O) groups is 1. The summed E-state index contributed by atoms with van der Waals surface area (Å²) >= 11 is 0. The van der Waals surface area contributed by atoms with Gasteiger partial charge >= 0.3 is 5.97 Å². The number of carbonyl (C=O) groups excluding carboxylic acids is 1. The van der Waals surface area contributed by atoms with Gasteiger partial charge in [0.25, 0.3) is 0 Å². The Balaban J connectivity index is 2.16. The Labute approximate surface area is 141 Å². The SMILES string of the molecule is COCC1(CNS(=O)(=O)c2cc(C(=O)OC)oc2C)CCNCC1. The van der Waals surface area contributed by atoms with Crippen molar-refractivity contribution >= 4 is 16.0 Å². The zero-order valence-electron chi connectivity index (χ0n) is 14.2. The molecule has 1 aliphatic heterocycles. The summed E-state index contributed by atoms with van der Waals surface area (Å²) < 4.78 is 42.8. The molecular weight excluding hydrogens is 336 g/mol. The monoisotopic (exact) mass is 360 g/mol. The molecule has 0 bridgehead atoms. The number of ether oxygens (including phenoxy) is 2. The maximum absolute atomic E-state index is 12.6. The van der Waals surface area contributed by atoms with E-state index in [1.807, 2.05) is 0 Å². The summed E-state index contributed by atoms with van der Waals surface area (Å²) in [6.07, 6.45) is 1.64. The van der Waals surface area contributed by atoms with E-state index in [0.29, 0.717) is 6.61 Å². The lowest BCUT2D eigenvalue weighted by Crippen LogP contribution is -2.47. The van der Waals surface area contributed by atoms with Gasteiger partial charge in [0.2, 0.25) is 15.8 Å². The third-order valence-corrected chi connectivity index (χ3v) is 5.81. The van der Waals surface area contributed by atoms with Crippen LogP contribution in [0.15, 0.2) is 15.4 Å². The first-order valence-electron chi connectivity index (χ1n) is 7.72. The number of esters is 1. The van der Waals surface area contributed by atoms with Gasteiger partial charge < -0.3 is 19.2 Å². The van der Waals surface area contributed by atoms with Gasteiger partial charge in [-0.15, -0.1) is 0 Å². The molecule has 0 spiro atoms. The van der Waals surface area contributed by atoms with Crippen LogP contribution in [0.2, 0.25) is 0 Å². The Morgan fingerprint density at radius 2 is 2.04 bits per heavy atom. The molecule has 0 radical (unpaired) electrons. The van der Waals surface area contributed by atoms with Gasteiger partial charge in [-0.25, -0.2) is 17.9 Å². The molecule has 0 aromatic carbocycles. The van der Waals surface area contributed by atoms with E-state index >= 15 is 0 Å². The van der Waals surface area contributed by atoms with Crippen molar-refractivity contribution in [3.05, 3.63) is 17.6 Å². The highest BCUT2D eigenvalue weighted by Crippen LogP contribution is 2.29. The van der Waals surface area contributed by atoms with Crippen LogP contribution in [0, 0.1) is 12.3 Å². The van der Waals surface area contributed by atoms with Crippen LogP contribution in [0.5, 0.6) is 0 Å². The minimum absolute atomic E-state index is 0.0515. The Bertz CT molecular complexity index is 671. The minimum Gasteiger partial charge on any atom is -0.463 e. The quantitative estimate of drug-likeness (QED) is 0.688. The molecule has 136 valence electrons. The lowest BCUT2D eigenvalue weighted by Gasteiger charge is -2.37. The normalized spacial score (nSPS) is 17.6. The van der Waals surface area contributed by atoms with Gasteiger partial charge in [-0.05, 0) is 32.9 Å². The van der Waals surface area contributed by atoms with Crippen LogP contribution in [0.4, 0.5) is 0 Å². The number of aryl methyl sites for hydroxylation is 1. The average molecular weight is 360 g/mol. The summed E-state index contributed by atoms with van der Waals surface area (Å²) in [4.78, 5) is 11.4. The van der Waals surface area contributed by atoms with Gasteiger partial charge in [0.1, 0.15) is 10.7 Å². The van der Waals surface area contributed by atoms with Crippen LogP contribution < -0.4 is 10.0 Å². The largest absolute Gasteiger partial charge is 0.463 e. The Hall–Kier alpha value is -1.42. The van der Waals surface area contributed by atoms with E-state index < -0.39 is 16.0 Å². The number of nitrogens with one attached hydrogen (secondary N) is 2. The summed E-state index contributed by atoms with van der Waals surface area (Å²) in [6.45, 7) is 3.89. The van der Waals surface area contributed by atoms with Gasteiger partial charge in [0.15, 0.2) is 0 Å². The van der Waals surface area contributed by atoms with Crippen LogP contribution in [0.1, 0.15) is 29.2 Å². The highest BCUT2D eigenvalue weighted by atomic mass is 32.2. The zero-order valence-corrected chi connectivity index (χ0v) is 15.0. The van der Waals surface area contributed by atoms with Crippen LogP contribution in [-0.2, 0) is 19.5 Å². The Morgan fingerprint density at radius 1 is 1.38 bits per heavy atom. The minimum atomic E-state index is -3.80. The molecule has 2 rings (SSSR count). The van der Waals surface area contributed by atoms with Crippen LogP contribution in [0.3, 0.4) is 0 Å². The molecule has 2 N–H and O–H groups in total. The first-order chi connectivity index (χ1) is 11.3. The van der Waals surface area contributed by atoms with Gasteiger partial charge in [-0.2, -0.15) is 0 Å².